The SMILES string of the molecule is CN1CCCN(Cc2ccc(O)c(C(F)(F)F)c2)CC1. The van der Waals surface area contributed by atoms with Crippen LogP contribution in [0.1, 0.15) is 17.5 Å². The third kappa shape index (κ3) is 3.86. The quantitative estimate of drug-likeness (QED) is 0.906. The van der Waals surface area contributed by atoms with Crippen molar-refractivity contribution in [3.63, 3.8) is 0 Å². The van der Waals surface area contributed by atoms with Gasteiger partial charge in [0.25, 0.3) is 0 Å². The molecule has 0 atom stereocenters. The van der Waals surface area contributed by atoms with Crippen LogP contribution in [0, 0.1) is 0 Å². The maximum Gasteiger partial charge on any atom is 0.419 e. The minimum absolute atomic E-state index is 0.483. The number of rotatable bonds is 2. The number of phenols is 1. The van der Waals surface area contributed by atoms with Gasteiger partial charge in [-0.15, -0.1) is 0 Å². The zero-order valence-corrected chi connectivity index (χ0v) is 11.5. The predicted molar refractivity (Wildman–Crippen MR) is 70.5 cm³/mol. The lowest BCUT2D eigenvalue weighted by atomic mass is 10.1. The van der Waals surface area contributed by atoms with Crippen molar-refractivity contribution >= 4 is 0 Å². The van der Waals surface area contributed by atoms with Gasteiger partial charge in [-0.2, -0.15) is 13.2 Å². The first-order valence-electron chi connectivity index (χ1n) is 6.66. The van der Waals surface area contributed by atoms with Gasteiger partial charge in [0, 0.05) is 19.6 Å². The number of aromatic hydroxyl groups is 1. The van der Waals surface area contributed by atoms with Crippen LogP contribution >= 0.6 is 0 Å². The standard InChI is InChI=1S/C14H19F3N2O/c1-18-5-2-6-19(8-7-18)10-11-3-4-13(20)12(9-11)14(15,16)17/h3-4,9,20H,2,5-8,10H2,1H3. The van der Waals surface area contributed by atoms with Crippen molar-refractivity contribution in [1.82, 2.24) is 9.80 Å². The fraction of sp³-hybridized carbons (Fsp3) is 0.571. The highest BCUT2D eigenvalue weighted by atomic mass is 19.4. The Morgan fingerprint density at radius 2 is 1.90 bits per heavy atom. The summed E-state index contributed by atoms with van der Waals surface area (Å²) in [6.07, 6.45) is -3.50. The number of likely N-dealkylation sites (N-methyl/N-ethyl adjacent to an activating group) is 1. The van der Waals surface area contributed by atoms with E-state index in [4.69, 9.17) is 0 Å². The molecule has 2 rings (SSSR count). The van der Waals surface area contributed by atoms with Crippen molar-refractivity contribution in [3.05, 3.63) is 29.3 Å². The van der Waals surface area contributed by atoms with Crippen molar-refractivity contribution in [2.24, 2.45) is 0 Å². The van der Waals surface area contributed by atoms with Crippen LogP contribution in [0.3, 0.4) is 0 Å². The predicted octanol–water partition coefficient (Wildman–Crippen LogP) is 2.55. The van der Waals surface area contributed by atoms with E-state index in [1.165, 1.54) is 0 Å². The van der Waals surface area contributed by atoms with E-state index in [-0.39, 0.29) is 0 Å². The Labute approximate surface area is 116 Å². The Kier molecular flexibility index (Phi) is 4.55. The molecule has 1 N–H and O–H groups in total. The molecule has 112 valence electrons. The Morgan fingerprint density at radius 1 is 1.15 bits per heavy atom. The molecule has 1 fully saturated rings. The van der Waals surface area contributed by atoms with Gasteiger partial charge in [0.05, 0.1) is 5.56 Å². The molecule has 0 bridgehead atoms. The molecule has 0 aromatic heterocycles. The molecule has 1 aliphatic rings. The van der Waals surface area contributed by atoms with Gasteiger partial charge in [0.2, 0.25) is 0 Å². The van der Waals surface area contributed by atoms with E-state index in [2.05, 4.69) is 9.80 Å². The van der Waals surface area contributed by atoms with Crippen LogP contribution in [-0.4, -0.2) is 48.1 Å². The lowest BCUT2D eigenvalue weighted by molar-refractivity contribution is -0.138. The van der Waals surface area contributed by atoms with Gasteiger partial charge in [-0.25, -0.2) is 0 Å². The largest absolute Gasteiger partial charge is 0.507 e. The first kappa shape index (κ1) is 15.1. The van der Waals surface area contributed by atoms with E-state index in [0.717, 1.165) is 44.7 Å². The Hall–Kier alpha value is -1.27. The van der Waals surface area contributed by atoms with Crippen molar-refractivity contribution in [2.45, 2.75) is 19.1 Å². The molecule has 1 aromatic rings. The van der Waals surface area contributed by atoms with Crippen LogP contribution < -0.4 is 0 Å². The van der Waals surface area contributed by atoms with Crippen LogP contribution in [0.15, 0.2) is 18.2 Å². The third-order valence-electron chi connectivity index (χ3n) is 3.58. The van der Waals surface area contributed by atoms with E-state index >= 15 is 0 Å². The molecule has 6 heteroatoms. The van der Waals surface area contributed by atoms with Gasteiger partial charge in [0.1, 0.15) is 5.75 Å². The van der Waals surface area contributed by atoms with Crippen molar-refractivity contribution < 1.29 is 18.3 Å². The summed E-state index contributed by atoms with van der Waals surface area (Å²) in [5.74, 6) is -0.711. The zero-order chi connectivity index (χ0) is 14.8. The fourth-order valence-corrected chi connectivity index (χ4v) is 2.42. The third-order valence-corrected chi connectivity index (χ3v) is 3.58. The van der Waals surface area contributed by atoms with E-state index in [1.807, 2.05) is 7.05 Å². The Morgan fingerprint density at radius 3 is 2.60 bits per heavy atom. The summed E-state index contributed by atoms with van der Waals surface area (Å²) >= 11 is 0. The second-order valence-electron chi connectivity index (χ2n) is 5.28. The molecule has 0 unspecified atom stereocenters. The van der Waals surface area contributed by atoms with Gasteiger partial charge in [-0.3, -0.25) is 4.90 Å². The van der Waals surface area contributed by atoms with E-state index in [0.29, 0.717) is 12.1 Å². The molecule has 1 aromatic carbocycles. The average molecular weight is 288 g/mol. The second kappa shape index (κ2) is 6.01. The molecular weight excluding hydrogens is 269 g/mol. The average Bonchev–Trinajstić information content (AvgIpc) is 2.55. The maximum absolute atomic E-state index is 12.7. The molecule has 0 saturated carbocycles. The number of hydrogen-bond donors (Lipinski definition) is 1. The molecular formula is C14H19F3N2O. The fourth-order valence-electron chi connectivity index (χ4n) is 2.42. The van der Waals surface area contributed by atoms with Crippen molar-refractivity contribution in [2.75, 3.05) is 33.2 Å². The monoisotopic (exact) mass is 288 g/mol. The molecule has 1 saturated heterocycles. The topological polar surface area (TPSA) is 26.7 Å². The van der Waals surface area contributed by atoms with Gasteiger partial charge >= 0.3 is 6.18 Å². The summed E-state index contributed by atoms with van der Waals surface area (Å²) in [5.41, 5.74) is -0.374. The van der Waals surface area contributed by atoms with Gasteiger partial charge < -0.3 is 10.0 Å². The van der Waals surface area contributed by atoms with E-state index in [1.54, 1.807) is 6.07 Å². The maximum atomic E-state index is 12.7. The van der Waals surface area contributed by atoms with Crippen LogP contribution in [0.4, 0.5) is 13.2 Å². The number of phenolic OH excluding ortho intramolecular Hbond substituents is 1. The Balaban J connectivity index is 2.10. The van der Waals surface area contributed by atoms with Gasteiger partial charge in [-0.1, -0.05) is 6.07 Å². The van der Waals surface area contributed by atoms with Crippen LogP contribution in [0.5, 0.6) is 5.75 Å². The van der Waals surface area contributed by atoms with Gasteiger partial charge in [-0.05, 0) is 44.3 Å². The first-order chi connectivity index (χ1) is 9.36. The number of nitrogens with zero attached hydrogens (tertiary/aromatic N) is 2. The normalized spacial score (nSPS) is 19.0. The zero-order valence-electron chi connectivity index (χ0n) is 11.5. The highest BCUT2D eigenvalue weighted by molar-refractivity contribution is 5.38. The van der Waals surface area contributed by atoms with E-state index < -0.39 is 17.5 Å². The lowest BCUT2D eigenvalue weighted by Gasteiger charge is -2.21. The number of benzene rings is 1. The number of hydrogen-bond acceptors (Lipinski definition) is 3. The molecule has 1 aliphatic heterocycles. The molecule has 20 heavy (non-hydrogen) atoms. The number of halogens is 3. The van der Waals surface area contributed by atoms with Crippen molar-refractivity contribution in [1.29, 1.82) is 0 Å². The van der Waals surface area contributed by atoms with Crippen LogP contribution in [0.2, 0.25) is 0 Å². The van der Waals surface area contributed by atoms with Crippen LogP contribution in [0.25, 0.3) is 0 Å². The number of alkyl halides is 3. The lowest BCUT2D eigenvalue weighted by Crippen LogP contribution is -2.28. The molecule has 0 amide bonds. The second-order valence-corrected chi connectivity index (χ2v) is 5.28. The minimum Gasteiger partial charge on any atom is -0.507 e. The first-order valence-corrected chi connectivity index (χ1v) is 6.66. The summed E-state index contributed by atoms with van der Waals surface area (Å²) in [7, 11) is 2.05. The summed E-state index contributed by atoms with van der Waals surface area (Å²) in [6, 6.07) is 3.73. The van der Waals surface area contributed by atoms with Crippen molar-refractivity contribution in [3.8, 4) is 5.75 Å². The van der Waals surface area contributed by atoms with Gasteiger partial charge in [0.15, 0.2) is 0 Å². The summed E-state index contributed by atoms with van der Waals surface area (Å²) < 4.78 is 38.2. The highest BCUT2D eigenvalue weighted by Crippen LogP contribution is 2.36. The minimum atomic E-state index is -4.51. The molecule has 0 radical (unpaired) electrons. The van der Waals surface area contributed by atoms with Crippen LogP contribution in [-0.2, 0) is 12.7 Å². The summed E-state index contributed by atoms with van der Waals surface area (Å²) in [6.45, 7) is 4.15. The molecule has 3 nitrogen and oxygen atoms in total. The molecule has 1 heterocycles. The molecule has 0 aliphatic carbocycles. The molecule has 0 spiro atoms. The van der Waals surface area contributed by atoms with E-state index in [9.17, 15) is 18.3 Å². The Bertz CT molecular complexity index is 462. The smallest absolute Gasteiger partial charge is 0.419 e. The highest BCUT2D eigenvalue weighted by Gasteiger charge is 2.34. The summed E-state index contributed by atoms with van der Waals surface area (Å²) in [5, 5.41) is 9.32. The summed E-state index contributed by atoms with van der Waals surface area (Å²) in [4.78, 5) is 4.37.